The number of sulfonamides is 1. The van der Waals surface area contributed by atoms with Crippen molar-refractivity contribution >= 4 is 33.4 Å². The molecule has 1 aliphatic rings. The Morgan fingerprint density at radius 2 is 1.97 bits per heavy atom. The van der Waals surface area contributed by atoms with Gasteiger partial charge >= 0.3 is 0 Å². The fourth-order valence-corrected chi connectivity index (χ4v) is 5.37. The van der Waals surface area contributed by atoms with Gasteiger partial charge in [-0.2, -0.15) is 4.31 Å². The number of hydrogen-bond donors (Lipinski definition) is 1. The SMILES string of the molecule is C=CCn1cnnc1S[C@@H](C)C(=O)Nc1ccc(S(=O)(=O)N2CCCCC2)cc1. The minimum absolute atomic E-state index is 0.199. The molecule has 1 N–H and O–H groups in total. The fraction of sp³-hybridized carbons (Fsp3) is 0.421. The van der Waals surface area contributed by atoms with E-state index in [9.17, 15) is 13.2 Å². The second-order valence-electron chi connectivity index (χ2n) is 6.79. The number of thioether (sulfide) groups is 1. The number of aromatic nitrogens is 3. The van der Waals surface area contributed by atoms with E-state index < -0.39 is 15.3 Å². The first-order chi connectivity index (χ1) is 13.9. The summed E-state index contributed by atoms with van der Waals surface area (Å²) in [6, 6.07) is 6.31. The molecule has 0 aliphatic carbocycles. The normalized spacial score (nSPS) is 16.3. The Bertz CT molecular complexity index is 950. The third kappa shape index (κ3) is 5.26. The Labute approximate surface area is 175 Å². The molecule has 0 bridgehead atoms. The van der Waals surface area contributed by atoms with E-state index in [2.05, 4.69) is 22.1 Å². The van der Waals surface area contributed by atoms with E-state index in [0.717, 1.165) is 19.3 Å². The Morgan fingerprint density at radius 1 is 1.28 bits per heavy atom. The number of hydrogen-bond acceptors (Lipinski definition) is 6. The van der Waals surface area contributed by atoms with Crippen LogP contribution in [0.15, 0.2) is 53.3 Å². The van der Waals surface area contributed by atoms with Crippen molar-refractivity contribution in [3.8, 4) is 0 Å². The zero-order chi connectivity index (χ0) is 20.9. The van der Waals surface area contributed by atoms with Crippen LogP contribution in [-0.4, -0.2) is 51.7 Å². The Hall–Kier alpha value is -2.17. The molecule has 3 rings (SSSR count). The van der Waals surface area contributed by atoms with Crippen molar-refractivity contribution in [1.82, 2.24) is 19.1 Å². The average molecular weight is 436 g/mol. The standard InChI is InChI=1S/C19H25N5O3S2/c1-3-11-23-14-20-22-19(23)28-15(2)18(25)21-16-7-9-17(10-8-16)29(26,27)24-12-5-4-6-13-24/h3,7-10,14-15H,1,4-6,11-13H2,2H3,(H,21,25)/t15-/m0/s1. The van der Waals surface area contributed by atoms with E-state index in [1.807, 2.05) is 4.57 Å². The summed E-state index contributed by atoms with van der Waals surface area (Å²) >= 11 is 1.30. The van der Waals surface area contributed by atoms with Crippen LogP contribution in [0, 0.1) is 0 Å². The molecule has 156 valence electrons. The van der Waals surface area contributed by atoms with Gasteiger partial charge in [0.2, 0.25) is 15.9 Å². The van der Waals surface area contributed by atoms with Crippen molar-refractivity contribution < 1.29 is 13.2 Å². The summed E-state index contributed by atoms with van der Waals surface area (Å²) in [5, 5.41) is 10.9. The van der Waals surface area contributed by atoms with Gasteiger partial charge in [0.05, 0.1) is 10.1 Å². The van der Waals surface area contributed by atoms with Crippen molar-refractivity contribution in [2.45, 2.75) is 48.0 Å². The number of nitrogens with one attached hydrogen (secondary N) is 1. The molecule has 0 radical (unpaired) electrons. The lowest BCUT2D eigenvalue weighted by Crippen LogP contribution is -2.35. The van der Waals surface area contributed by atoms with Crippen LogP contribution in [0.4, 0.5) is 5.69 Å². The zero-order valence-electron chi connectivity index (χ0n) is 16.3. The molecule has 2 heterocycles. The maximum atomic E-state index is 12.7. The van der Waals surface area contributed by atoms with Gasteiger partial charge in [0.15, 0.2) is 5.16 Å². The largest absolute Gasteiger partial charge is 0.325 e. The maximum absolute atomic E-state index is 12.7. The minimum atomic E-state index is -3.48. The molecule has 1 fully saturated rings. The van der Waals surface area contributed by atoms with Gasteiger partial charge in [-0.25, -0.2) is 8.42 Å². The average Bonchev–Trinajstić information content (AvgIpc) is 3.16. The molecule has 1 atom stereocenters. The van der Waals surface area contributed by atoms with Crippen LogP contribution in [0.3, 0.4) is 0 Å². The van der Waals surface area contributed by atoms with Crippen molar-refractivity contribution in [1.29, 1.82) is 0 Å². The fourth-order valence-electron chi connectivity index (χ4n) is 3.02. The Kier molecular flexibility index (Phi) is 7.09. The lowest BCUT2D eigenvalue weighted by Gasteiger charge is -2.25. The molecular weight excluding hydrogens is 410 g/mol. The summed E-state index contributed by atoms with van der Waals surface area (Å²) in [5.74, 6) is -0.199. The number of amides is 1. The highest BCUT2D eigenvalue weighted by Gasteiger charge is 2.26. The number of nitrogens with zero attached hydrogens (tertiary/aromatic N) is 4. The monoisotopic (exact) mass is 435 g/mol. The van der Waals surface area contributed by atoms with Crippen LogP contribution in [0.2, 0.25) is 0 Å². The van der Waals surface area contributed by atoms with Crippen molar-refractivity contribution in [3.05, 3.63) is 43.2 Å². The summed E-state index contributed by atoms with van der Waals surface area (Å²) in [5.41, 5.74) is 0.549. The molecule has 1 aromatic heterocycles. The highest BCUT2D eigenvalue weighted by molar-refractivity contribution is 8.00. The molecular formula is C19H25N5O3S2. The van der Waals surface area contributed by atoms with Crippen molar-refractivity contribution in [3.63, 3.8) is 0 Å². The van der Waals surface area contributed by atoms with Crippen LogP contribution >= 0.6 is 11.8 Å². The third-order valence-electron chi connectivity index (χ3n) is 4.63. The lowest BCUT2D eigenvalue weighted by molar-refractivity contribution is -0.115. The quantitative estimate of drug-likeness (QED) is 0.506. The van der Waals surface area contributed by atoms with Gasteiger partial charge in [0, 0.05) is 25.3 Å². The van der Waals surface area contributed by atoms with Crippen LogP contribution in [0.1, 0.15) is 26.2 Å². The number of allylic oxidation sites excluding steroid dienone is 1. The second-order valence-corrected chi connectivity index (χ2v) is 10.0. The van der Waals surface area contributed by atoms with Gasteiger partial charge in [-0.05, 0) is 44.0 Å². The number of rotatable bonds is 8. The molecule has 1 aromatic carbocycles. The van der Waals surface area contributed by atoms with Gasteiger partial charge in [-0.1, -0.05) is 24.3 Å². The topological polar surface area (TPSA) is 97.2 Å². The summed E-state index contributed by atoms with van der Waals surface area (Å²) in [4.78, 5) is 12.7. The van der Waals surface area contributed by atoms with Gasteiger partial charge in [-0.15, -0.1) is 16.8 Å². The van der Waals surface area contributed by atoms with Crippen molar-refractivity contribution in [2.75, 3.05) is 18.4 Å². The number of benzene rings is 1. The first-order valence-electron chi connectivity index (χ1n) is 9.48. The minimum Gasteiger partial charge on any atom is -0.325 e. The predicted octanol–water partition coefficient (Wildman–Crippen LogP) is 2.76. The van der Waals surface area contributed by atoms with E-state index in [-0.39, 0.29) is 10.8 Å². The molecule has 2 aromatic rings. The third-order valence-corrected chi connectivity index (χ3v) is 7.64. The number of anilines is 1. The van der Waals surface area contributed by atoms with E-state index in [4.69, 9.17) is 0 Å². The van der Waals surface area contributed by atoms with Crippen LogP contribution in [-0.2, 0) is 21.4 Å². The lowest BCUT2D eigenvalue weighted by atomic mass is 10.2. The molecule has 0 spiro atoms. The van der Waals surface area contributed by atoms with E-state index in [0.29, 0.717) is 30.5 Å². The van der Waals surface area contributed by atoms with Gasteiger partial charge in [0.1, 0.15) is 6.33 Å². The molecule has 8 nitrogen and oxygen atoms in total. The molecule has 0 saturated carbocycles. The highest BCUT2D eigenvalue weighted by atomic mass is 32.2. The summed E-state index contributed by atoms with van der Waals surface area (Å²) in [6.07, 6.45) is 6.18. The molecule has 1 aliphatic heterocycles. The summed E-state index contributed by atoms with van der Waals surface area (Å²) in [7, 11) is -3.48. The van der Waals surface area contributed by atoms with E-state index in [1.165, 1.54) is 28.2 Å². The molecule has 10 heteroatoms. The Morgan fingerprint density at radius 3 is 2.62 bits per heavy atom. The zero-order valence-corrected chi connectivity index (χ0v) is 18.0. The van der Waals surface area contributed by atoms with Gasteiger partial charge in [0.25, 0.3) is 0 Å². The summed E-state index contributed by atoms with van der Waals surface area (Å²) < 4.78 is 28.7. The van der Waals surface area contributed by atoms with Crippen LogP contribution < -0.4 is 5.32 Å². The Balaban J connectivity index is 1.62. The van der Waals surface area contributed by atoms with Crippen LogP contribution in [0.5, 0.6) is 0 Å². The van der Waals surface area contributed by atoms with Gasteiger partial charge < -0.3 is 9.88 Å². The van der Waals surface area contributed by atoms with Crippen LogP contribution in [0.25, 0.3) is 0 Å². The second kappa shape index (κ2) is 9.55. The highest BCUT2D eigenvalue weighted by Crippen LogP contribution is 2.24. The molecule has 29 heavy (non-hydrogen) atoms. The molecule has 1 saturated heterocycles. The first kappa shape index (κ1) is 21.5. The predicted molar refractivity (Wildman–Crippen MR) is 113 cm³/mol. The first-order valence-corrected chi connectivity index (χ1v) is 11.8. The summed E-state index contributed by atoms with van der Waals surface area (Å²) in [6.45, 7) is 7.16. The number of carbonyl (C=O) groups excluding carboxylic acids is 1. The molecule has 0 unspecified atom stereocenters. The number of piperidine rings is 1. The van der Waals surface area contributed by atoms with E-state index in [1.54, 1.807) is 31.5 Å². The maximum Gasteiger partial charge on any atom is 0.243 e. The molecule has 1 amide bonds. The number of carbonyl (C=O) groups is 1. The van der Waals surface area contributed by atoms with Crippen molar-refractivity contribution in [2.24, 2.45) is 0 Å². The van der Waals surface area contributed by atoms with E-state index >= 15 is 0 Å². The van der Waals surface area contributed by atoms with Gasteiger partial charge in [-0.3, -0.25) is 4.79 Å². The smallest absolute Gasteiger partial charge is 0.243 e.